The van der Waals surface area contributed by atoms with Crippen molar-refractivity contribution < 1.29 is 4.74 Å². The predicted octanol–water partition coefficient (Wildman–Crippen LogP) is 4.69. The van der Waals surface area contributed by atoms with Gasteiger partial charge in [0, 0.05) is 5.39 Å². The molecule has 0 unspecified atom stereocenters. The topological polar surface area (TPSA) is 9.23 Å². The standard InChI is InChI=1S/C16H14OS/c1-18-11-17-16-8-4-7-14-9-12-5-2-3-6-13(12)10-15(14)16/h2-10H,11H2,1H3. The maximum absolute atomic E-state index is 5.78. The molecule has 0 aliphatic carbocycles. The largest absolute Gasteiger partial charge is 0.482 e. The molecule has 1 nitrogen and oxygen atoms in total. The van der Waals surface area contributed by atoms with E-state index in [1.165, 1.54) is 21.5 Å². The zero-order chi connectivity index (χ0) is 12.4. The molecule has 0 atom stereocenters. The van der Waals surface area contributed by atoms with Gasteiger partial charge < -0.3 is 4.74 Å². The van der Waals surface area contributed by atoms with Gasteiger partial charge in [-0.3, -0.25) is 0 Å². The summed E-state index contributed by atoms with van der Waals surface area (Å²) in [5.41, 5.74) is 0. The van der Waals surface area contributed by atoms with Gasteiger partial charge in [0.25, 0.3) is 0 Å². The lowest BCUT2D eigenvalue weighted by Gasteiger charge is -2.09. The van der Waals surface area contributed by atoms with Crippen molar-refractivity contribution in [3.05, 3.63) is 54.6 Å². The third-order valence-corrected chi connectivity index (χ3v) is 3.39. The molecule has 3 aromatic rings. The zero-order valence-corrected chi connectivity index (χ0v) is 11.0. The van der Waals surface area contributed by atoms with Crippen molar-refractivity contribution in [2.75, 3.05) is 12.2 Å². The monoisotopic (exact) mass is 254 g/mol. The number of fused-ring (bicyclic) bond motifs is 2. The number of ether oxygens (including phenoxy) is 1. The first-order valence-corrected chi connectivity index (χ1v) is 7.31. The van der Waals surface area contributed by atoms with Crippen molar-refractivity contribution in [1.29, 1.82) is 0 Å². The van der Waals surface area contributed by atoms with E-state index in [-0.39, 0.29) is 0 Å². The first-order chi connectivity index (χ1) is 8.88. The van der Waals surface area contributed by atoms with E-state index < -0.39 is 0 Å². The minimum atomic E-state index is 0.686. The van der Waals surface area contributed by atoms with Crippen molar-refractivity contribution in [2.24, 2.45) is 0 Å². The zero-order valence-electron chi connectivity index (χ0n) is 10.2. The lowest BCUT2D eigenvalue weighted by atomic mass is 10.0. The second-order valence-corrected chi connectivity index (χ2v) is 5.04. The number of rotatable bonds is 3. The summed E-state index contributed by atoms with van der Waals surface area (Å²) in [6.45, 7) is 0. The molecule has 0 saturated heterocycles. The van der Waals surface area contributed by atoms with Gasteiger partial charge >= 0.3 is 0 Å². The van der Waals surface area contributed by atoms with Crippen LogP contribution in [-0.4, -0.2) is 12.2 Å². The Balaban J connectivity index is 2.22. The molecule has 0 aromatic heterocycles. The van der Waals surface area contributed by atoms with Crippen molar-refractivity contribution in [3.63, 3.8) is 0 Å². The quantitative estimate of drug-likeness (QED) is 0.495. The van der Waals surface area contributed by atoms with E-state index in [9.17, 15) is 0 Å². The fourth-order valence-electron chi connectivity index (χ4n) is 2.19. The molecule has 0 saturated carbocycles. The second kappa shape index (κ2) is 4.91. The molecule has 0 heterocycles. The molecule has 0 aliphatic heterocycles. The van der Waals surface area contributed by atoms with Crippen LogP contribution in [-0.2, 0) is 0 Å². The molecule has 0 bridgehead atoms. The van der Waals surface area contributed by atoms with Gasteiger partial charge in [0.2, 0.25) is 0 Å². The van der Waals surface area contributed by atoms with Gasteiger partial charge in [0.05, 0.1) is 0 Å². The average Bonchev–Trinajstić information content (AvgIpc) is 2.43. The van der Waals surface area contributed by atoms with E-state index >= 15 is 0 Å². The molecule has 3 aromatic carbocycles. The van der Waals surface area contributed by atoms with Crippen molar-refractivity contribution in [2.45, 2.75) is 0 Å². The van der Waals surface area contributed by atoms with Crippen LogP contribution in [0.2, 0.25) is 0 Å². The van der Waals surface area contributed by atoms with Gasteiger partial charge in [-0.15, -0.1) is 11.8 Å². The molecular formula is C16H14OS. The van der Waals surface area contributed by atoms with Crippen LogP contribution >= 0.6 is 11.8 Å². The van der Waals surface area contributed by atoms with Gasteiger partial charge in [-0.25, -0.2) is 0 Å². The van der Waals surface area contributed by atoms with Crippen LogP contribution < -0.4 is 4.74 Å². The fourth-order valence-corrected chi connectivity index (χ4v) is 2.43. The fraction of sp³-hybridized carbons (Fsp3) is 0.125. The van der Waals surface area contributed by atoms with Gasteiger partial charge in [-0.1, -0.05) is 36.4 Å². The smallest absolute Gasteiger partial charge is 0.134 e. The molecule has 0 aliphatic rings. The van der Waals surface area contributed by atoms with E-state index in [1.807, 2.05) is 18.4 Å². The predicted molar refractivity (Wildman–Crippen MR) is 80.5 cm³/mol. The number of benzene rings is 3. The molecule has 3 rings (SSSR count). The summed E-state index contributed by atoms with van der Waals surface area (Å²) in [4.78, 5) is 0. The lowest BCUT2D eigenvalue weighted by Crippen LogP contribution is -1.92. The lowest BCUT2D eigenvalue weighted by molar-refractivity contribution is 0.398. The summed E-state index contributed by atoms with van der Waals surface area (Å²) in [5.74, 6) is 1.65. The van der Waals surface area contributed by atoms with Crippen molar-refractivity contribution in [1.82, 2.24) is 0 Å². The van der Waals surface area contributed by atoms with Gasteiger partial charge in [-0.05, 0) is 40.6 Å². The van der Waals surface area contributed by atoms with E-state index in [4.69, 9.17) is 4.74 Å². The Kier molecular flexibility index (Phi) is 3.11. The molecule has 18 heavy (non-hydrogen) atoms. The summed E-state index contributed by atoms with van der Waals surface area (Å²) in [7, 11) is 0. The number of hydrogen-bond acceptors (Lipinski definition) is 2. The van der Waals surface area contributed by atoms with Crippen LogP contribution in [0.4, 0.5) is 0 Å². The number of hydrogen-bond donors (Lipinski definition) is 0. The maximum atomic E-state index is 5.78. The van der Waals surface area contributed by atoms with Crippen LogP contribution in [0.15, 0.2) is 54.6 Å². The number of thioether (sulfide) groups is 1. The van der Waals surface area contributed by atoms with Crippen LogP contribution in [0.3, 0.4) is 0 Å². The normalized spacial score (nSPS) is 10.9. The molecule has 0 N–H and O–H groups in total. The Hall–Kier alpha value is -1.67. The van der Waals surface area contributed by atoms with E-state index in [2.05, 4.69) is 42.5 Å². The maximum Gasteiger partial charge on any atom is 0.134 e. The van der Waals surface area contributed by atoms with Gasteiger partial charge in [0.1, 0.15) is 11.7 Å². The highest BCUT2D eigenvalue weighted by Crippen LogP contribution is 2.30. The SMILES string of the molecule is CSCOc1cccc2cc3ccccc3cc12. The van der Waals surface area contributed by atoms with E-state index in [1.54, 1.807) is 11.8 Å². The Morgan fingerprint density at radius 3 is 2.39 bits per heavy atom. The Morgan fingerprint density at radius 2 is 1.61 bits per heavy atom. The average molecular weight is 254 g/mol. The Labute approximate surface area is 111 Å². The molecule has 0 radical (unpaired) electrons. The Bertz CT molecular complexity index is 691. The highest BCUT2D eigenvalue weighted by molar-refractivity contribution is 7.98. The molecule has 0 spiro atoms. The van der Waals surface area contributed by atoms with E-state index in [0.29, 0.717) is 5.94 Å². The van der Waals surface area contributed by atoms with Gasteiger partial charge in [-0.2, -0.15) is 0 Å². The van der Waals surface area contributed by atoms with Crippen LogP contribution in [0, 0.1) is 0 Å². The highest BCUT2D eigenvalue weighted by Gasteiger charge is 2.03. The van der Waals surface area contributed by atoms with Crippen molar-refractivity contribution >= 4 is 33.3 Å². The summed E-state index contributed by atoms with van der Waals surface area (Å²) >= 11 is 1.69. The van der Waals surface area contributed by atoms with Crippen molar-refractivity contribution in [3.8, 4) is 5.75 Å². The molecule has 0 fully saturated rings. The van der Waals surface area contributed by atoms with E-state index in [0.717, 1.165) is 5.75 Å². The minimum absolute atomic E-state index is 0.686. The third kappa shape index (κ3) is 2.04. The minimum Gasteiger partial charge on any atom is -0.482 e. The van der Waals surface area contributed by atoms with Crippen LogP contribution in [0.25, 0.3) is 21.5 Å². The third-order valence-electron chi connectivity index (χ3n) is 3.04. The molecule has 2 heteroatoms. The van der Waals surface area contributed by atoms with Crippen LogP contribution in [0.1, 0.15) is 0 Å². The van der Waals surface area contributed by atoms with Gasteiger partial charge in [0.15, 0.2) is 0 Å². The van der Waals surface area contributed by atoms with Crippen LogP contribution in [0.5, 0.6) is 5.75 Å². The molecule has 90 valence electrons. The summed E-state index contributed by atoms with van der Waals surface area (Å²) in [6, 6.07) is 19.1. The first kappa shape index (κ1) is 11.4. The molecule has 0 amide bonds. The summed E-state index contributed by atoms with van der Waals surface area (Å²) in [6.07, 6.45) is 2.04. The molecular weight excluding hydrogens is 240 g/mol. The highest BCUT2D eigenvalue weighted by atomic mass is 32.2. The second-order valence-electron chi connectivity index (χ2n) is 4.23. The Morgan fingerprint density at radius 1 is 0.889 bits per heavy atom. The first-order valence-electron chi connectivity index (χ1n) is 5.92. The summed E-state index contributed by atoms with van der Waals surface area (Å²) < 4.78 is 5.78. The summed E-state index contributed by atoms with van der Waals surface area (Å²) in [5, 5.41) is 4.94.